The van der Waals surface area contributed by atoms with Gasteiger partial charge < -0.3 is 15.5 Å². The van der Waals surface area contributed by atoms with Crippen molar-refractivity contribution in [2.24, 2.45) is 0 Å². The average Bonchev–Trinajstić information content (AvgIpc) is 2.44. The van der Waals surface area contributed by atoms with Crippen LogP contribution in [-0.2, 0) is 12.8 Å². The fourth-order valence-corrected chi connectivity index (χ4v) is 1.83. The van der Waals surface area contributed by atoms with Gasteiger partial charge in [-0.2, -0.15) is 0 Å². The van der Waals surface area contributed by atoms with Crippen LogP contribution in [0.5, 0.6) is 11.5 Å². The number of anilines is 1. The van der Waals surface area contributed by atoms with E-state index in [0.717, 1.165) is 5.56 Å². The second-order valence-corrected chi connectivity index (χ2v) is 4.34. The van der Waals surface area contributed by atoms with Gasteiger partial charge in [0.15, 0.2) is 23.1 Å². The second kappa shape index (κ2) is 6.18. The minimum absolute atomic E-state index is 0.156. The molecule has 2 aromatic rings. The molecule has 20 heavy (non-hydrogen) atoms. The molecule has 5 nitrogen and oxygen atoms in total. The summed E-state index contributed by atoms with van der Waals surface area (Å²) in [7, 11) is 0. The van der Waals surface area contributed by atoms with E-state index in [-0.39, 0.29) is 17.3 Å². The Morgan fingerprint density at radius 3 is 2.70 bits per heavy atom. The molecule has 106 valence electrons. The number of aromatic hydroxyl groups is 2. The molecule has 0 radical (unpaired) electrons. The number of rotatable bonds is 5. The topological polar surface area (TPSA) is 78.3 Å². The lowest BCUT2D eigenvalue weighted by Crippen LogP contribution is -2.10. The molecule has 0 saturated carbocycles. The van der Waals surface area contributed by atoms with E-state index in [0.29, 0.717) is 25.1 Å². The molecule has 0 spiro atoms. The van der Waals surface area contributed by atoms with Crippen LogP contribution < -0.4 is 5.32 Å². The number of benzene rings is 1. The summed E-state index contributed by atoms with van der Waals surface area (Å²) in [6.45, 7) is 2.29. The van der Waals surface area contributed by atoms with E-state index in [9.17, 15) is 14.6 Å². The Balaban J connectivity index is 1.97. The summed E-state index contributed by atoms with van der Waals surface area (Å²) in [6.07, 6.45) is 2.41. The van der Waals surface area contributed by atoms with E-state index in [1.54, 1.807) is 6.07 Å². The highest BCUT2D eigenvalue weighted by molar-refractivity contribution is 5.41. The Bertz CT molecular complexity index is 605. The molecule has 2 rings (SSSR count). The first-order valence-electron chi connectivity index (χ1n) is 6.36. The Morgan fingerprint density at radius 1 is 1.20 bits per heavy atom. The summed E-state index contributed by atoms with van der Waals surface area (Å²) >= 11 is 0. The van der Waals surface area contributed by atoms with Crippen molar-refractivity contribution in [2.75, 3.05) is 11.9 Å². The minimum atomic E-state index is -0.427. The fraction of sp³-hybridized carbons (Fsp3) is 0.286. The summed E-state index contributed by atoms with van der Waals surface area (Å²) in [5, 5.41) is 21.5. The fourth-order valence-electron chi connectivity index (χ4n) is 1.83. The third-order valence-corrected chi connectivity index (χ3v) is 2.94. The van der Waals surface area contributed by atoms with E-state index in [1.807, 2.05) is 6.92 Å². The van der Waals surface area contributed by atoms with Gasteiger partial charge in [-0.25, -0.2) is 14.4 Å². The zero-order valence-electron chi connectivity index (χ0n) is 11.1. The van der Waals surface area contributed by atoms with Gasteiger partial charge in [0.25, 0.3) is 0 Å². The van der Waals surface area contributed by atoms with Crippen LogP contribution >= 0.6 is 0 Å². The SMILES string of the molecule is CCc1ncnc(NCCc2ccc(O)c(O)c2)c1F. The molecule has 0 aliphatic carbocycles. The van der Waals surface area contributed by atoms with Gasteiger partial charge in [0.1, 0.15) is 6.33 Å². The zero-order valence-corrected chi connectivity index (χ0v) is 11.1. The van der Waals surface area contributed by atoms with Crippen LogP contribution in [0, 0.1) is 5.82 Å². The van der Waals surface area contributed by atoms with E-state index in [2.05, 4.69) is 15.3 Å². The molecule has 0 bridgehead atoms. The van der Waals surface area contributed by atoms with Gasteiger partial charge in [0, 0.05) is 6.54 Å². The smallest absolute Gasteiger partial charge is 0.186 e. The number of phenolic OH excluding ortho intramolecular Hbond substituents is 2. The molecule has 0 aliphatic rings. The molecule has 0 aliphatic heterocycles. The highest BCUT2D eigenvalue weighted by atomic mass is 19.1. The molecule has 0 amide bonds. The van der Waals surface area contributed by atoms with E-state index in [4.69, 9.17) is 0 Å². The first-order valence-corrected chi connectivity index (χ1v) is 6.36. The molecule has 1 heterocycles. The third kappa shape index (κ3) is 3.14. The Labute approximate surface area is 116 Å². The number of nitrogens with zero attached hydrogens (tertiary/aromatic N) is 2. The van der Waals surface area contributed by atoms with Gasteiger partial charge in [-0.05, 0) is 30.5 Å². The number of nitrogens with one attached hydrogen (secondary N) is 1. The number of aromatic nitrogens is 2. The van der Waals surface area contributed by atoms with Crippen molar-refractivity contribution >= 4 is 5.82 Å². The molecule has 0 saturated heterocycles. The molecule has 0 atom stereocenters. The maximum absolute atomic E-state index is 13.9. The van der Waals surface area contributed by atoms with E-state index >= 15 is 0 Å². The Morgan fingerprint density at radius 2 is 2.00 bits per heavy atom. The number of hydrogen-bond donors (Lipinski definition) is 3. The highest BCUT2D eigenvalue weighted by Gasteiger charge is 2.09. The van der Waals surface area contributed by atoms with Gasteiger partial charge in [-0.1, -0.05) is 13.0 Å². The minimum Gasteiger partial charge on any atom is -0.504 e. The molecule has 6 heteroatoms. The Kier molecular flexibility index (Phi) is 4.34. The van der Waals surface area contributed by atoms with Crippen LogP contribution in [0.1, 0.15) is 18.2 Å². The zero-order chi connectivity index (χ0) is 14.5. The molecular weight excluding hydrogens is 261 g/mol. The predicted octanol–water partition coefficient (Wildman–Crippen LogP) is 2.24. The van der Waals surface area contributed by atoms with Crippen LogP contribution in [0.2, 0.25) is 0 Å². The van der Waals surface area contributed by atoms with Crippen molar-refractivity contribution in [1.29, 1.82) is 0 Å². The van der Waals surface area contributed by atoms with E-state index < -0.39 is 5.82 Å². The summed E-state index contributed by atoms with van der Waals surface area (Å²) in [5.74, 6) is -0.566. The van der Waals surface area contributed by atoms with Crippen molar-refractivity contribution in [3.05, 3.63) is 41.6 Å². The maximum Gasteiger partial charge on any atom is 0.186 e. The first kappa shape index (κ1) is 14.0. The van der Waals surface area contributed by atoms with Crippen molar-refractivity contribution in [1.82, 2.24) is 9.97 Å². The summed E-state index contributed by atoms with van der Waals surface area (Å²) < 4.78 is 13.9. The monoisotopic (exact) mass is 277 g/mol. The Hall–Kier alpha value is -2.37. The van der Waals surface area contributed by atoms with Gasteiger partial charge in [0.2, 0.25) is 0 Å². The lowest BCUT2D eigenvalue weighted by atomic mass is 10.1. The van der Waals surface area contributed by atoms with E-state index in [1.165, 1.54) is 18.5 Å². The number of halogens is 1. The lowest BCUT2D eigenvalue weighted by Gasteiger charge is -2.08. The molecule has 1 aromatic heterocycles. The van der Waals surface area contributed by atoms with Crippen LogP contribution in [0.15, 0.2) is 24.5 Å². The maximum atomic E-state index is 13.9. The average molecular weight is 277 g/mol. The van der Waals surface area contributed by atoms with Gasteiger partial charge >= 0.3 is 0 Å². The first-order chi connectivity index (χ1) is 9.61. The van der Waals surface area contributed by atoms with Gasteiger partial charge in [-0.3, -0.25) is 0 Å². The van der Waals surface area contributed by atoms with Crippen LogP contribution in [0.3, 0.4) is 0 Å². The molecule has 3 N–H and O–H groups in total. The van der Waals surface area contributed by atoms with Crippen molar-refractivity contribution in [3.63, 3.8) is 0 Å². The number of aryl methyl sites for hydroxylation is 1. The molecule has 1 aromatic carbocycles. The van der Waals surface area contributed by atoms with Gasteiger partial charge in [0.05, 0.1) is 5.69 Å². The van der Waals surface area contributed by atoms with Crippen LogP contribution in [0.25, 0.3) is 0 Å². The third-order valence-electron chi connectivity index (χ3n) is 2.94. The summed E-state index contributed by atoms with van der Waals surface area (Å²) in [5.41, 5.74) is 1.21. The van der Waals surface area contributed by atoms with Crippen molar-refractivity contribution < 1.29 is 14.6 Å². The standard InChI is InChI=1S/C14H16FN3O2/c1-2-10-13(15)14(18-8-17-10)16-6-5-9-3-4-11(19)12(20)7-9/h3-4,7-8,19-20H,2,5-6H2,1H3,(H,16,17,18). The van der Waals surface area contributed by atoms with Crippen LogP contribution in [0.4, 0.5) is 10.2 Å². The van der Waals surface area contributed by atoms with Gasteiger partial charge in [-0.15, -0.1) is 0 Å². The molecule has 0 unspecified atom stereocenters. The second-order valence-electron chi connectivity index (χ2n) is 4.34. The largest absolute Gasteiger partial charge is 0.504 e. The van der Waals surface area contributed by atoms with Crippen LogP contribution in [-0.4, -0.2) is 26.7 Å². The van der Waals surface area contributed by atoms with Crippen molar-refractivity contribution in [2.45, 2.75) is 19.8 Å². The quantitative estimate of drug-likeness (QED) is 0.731. The molecule has 0 fully saturated rings. The highest BCUT2D eigenvalue weighted by Crippen LogP contribution is 2.25. The van der Waals surface area contributed by atoms with Crippen molar-refractivity contribution in [3.8, 4) is 11.5 Å². The molecular formula is C14H16FN3O2. The normalized spacial score (nSPS) is 10.5. The number of phenols is 2. The predicted molar refractivity (Wildman–Crippen MR) is 73.3 cm³/mol. The lowest BCUT2D eigenvalue weighted by molar-refractivity contribution is 0.403. The summed E-state index contributed by atoms with van der Waals surface area (Å²) in [4.78, 5) is 7.72. The summed E-state index contributed by atoms with van der Waals surface area (Å²) in [6, 6.07) is 4.60. The number of hydrogen-bond acceptors (Lipinski definition) is 5.